The topological polar surface area (TPSA) is 67.6 Å². The Morgan fingerprint density at radius 2 is 1.86 bits per heavy atom. The minimum atomic E-state index is -0.0886. The molecule has 0 saturated carbocycles. The maximum atomic E-state index is 13.0. The number of aromatic amines is 1. The Kier molecular flexibility index (Phi) is 5.57. The van der Waals surface area contributed by atoms with E-state index in [0.29, 0.717) is 30.0 Å². The van der Waals surface area contributed by atoms with Crippen LogP contribution < -0.4 is 5.32 Å². The smallest absolute Gasteiger partial charge is 0.267 e. The van der Waals surface area contributed by atoms with Crippen LogP contribution in [0.1, 0.15) is 28.8 Å². The van der Waals surface area contributed by atoms with Gasteiger partial charge in [-0.25, -0.2) is 0 Å². The summed E-state index contributed by atoms with van der Waals surface area (Å²) in [6, 6.07) is 20.2. The second-order valence-electron chi connectivity index (χ2n) is 6.86. The van der Waals surface area contributed by atoms with Gasteiger partial charge in [0.25, 0.3) is 5.91 Å². The molecular formula is C22H23N5OS. The van der Waals surface area contributed by atoms with Gasteiger partial charge in [-0.1, -0.05) is 48.5 Å². The molecule has 4 rings (SSSR count). The number of rotatable bonds is 7. The highest BCUT2D eigenvalue weighted by Gasteiger charge is 2.16. The minimum Gasteiger partial charge on any atom is -0.350 e. The Morgan fingerprint density at radius 1 is 1.10 bits per heavy atom. The van der Waals surface area contributed by atoms with Crippen LogP contribution in [0, 0.1) is 4.77 Å². The van der Waals surface area contributed by atoms with E-state index in [2.05, 4.69) is 32.2 Å². The van der Waals surface area contributed by atoms with Crippen molar-refractivity contribution < 1.29 is 4.79 Å². The first kappa shape index (κ1) is 19.1. The van der Waals surface area contributed by atoms with Crippen molar-refractivity contribution in [2.75, 3.05) is 6.54 Å². The van der Waals surface area contributed by atoms with Crippen LogP contribution in [-0.2, 0) is 19.5 Å². The van der Waals surface area contributed by atoms with Crippen molar-refractivity contribution in [3.8, 4) is 0 Å². The normalized spacial score (nSPS) is 11.1. The van der Waals surface area contributed by atoms with Gasteiger partial charge in [-0.2, -0.15) is 5.10 Å². The zero-order valence-electron chi connectivity index (χ0n) is 16.3. The monoisotopic (exact) mass is 405 g/mol. The second-order valence-corrected chi connectivity index (χ2v) is 7.24. The lowest BCUT2D eigenvalue weighted by atomic mass is 10.2. The third-order valence-electron chi connectivity index (χ3n) is 5.01. The van der Waals surface area contributed by atoms with E-state index in [-0.39, 0.29) is 5.91 Å². The van der Waals surface area contributed by atoms with Gasteiger partial charge < -0.3 is 14.5 Å². The number of benzene rings is 2. The van der Waals surface area contributed by atoms with E-state index in [1.807, 2.05) is 60.0 Å². The van der Waals surface area contributed by atoms with Crippen LogP contribution in [0.3, 0.4) is 0 Å². The number of nitrogens with zero attached hydrogens (tertiary/aromatic N) is 3. The van der Waals surface area contributed by atoms with Gasteiger partial charge in [0.1, 0.15) is 11.5 Å². The number of carbonyl (C=O) groups excluding carboxylic acids is 1. The lowest BCUT2D eigenvalue weighted by Gasteiger charge is -2.11. The highest BCUT2D eigenvalue weighted by Crippen LogP contribution is 2.21. The minimum absolute atomic E-state index is 0.0886. The van der Waals surface area contributed by atoms with Crippen molar-refractivity contribution in [3.05, 3.63) is 82.5 Å². The third-order valence-corrected chi connectivity index (χ3v) is 5.33. The summed E-state index contributed by atoms with van der Waals surface area (Å²) in [4.78, 5) is 13.0. The fourth-order valence-corrected chi connectivity index (χ4v) is 3.86. The molecule has 7 heteroatoms. The molecule has 6 nitrogen and oxygen atoms in total. The summed E-state index contributed by atoms with van der Waals surface area (Å²) in [6.07, 6.45) is 0.617. The molecular weight excluding hydrogens is 382 g/mol. The van der Waals surface area contributed by atoms with Crippen molar-refractivity contribution in [1.29, 1.82) is 0 Å². The number of hydrogen-bond acceptors (Lipinski definition) is 3. The van der Waals surface area contributed by atoms with Crippen LogP contribution in [0.25, 0.3) is 10.9 Å². The molecule has 0 aliphatic rings. The molecule has 148 valence electrons. The molecule has 0 saturated heterocycles. The van der Waals surface area contributed by atoms with Crippen molar-refractivity contribution in [1.82, 2.24) is 24.6 Å². The van der Waals surface area contributed by atoms with E-state index in [1.54, 1.807) is 0 Å². The zero-order valence-corrected chi connectivity index (χ0v) is 17.1. The highest BCUT2D eigenvalue weighted by molar-refractivity contribution is 7.71. The molecule has 1 amide bonds. The van der Waals surface area contributed by atoms with Gasteiger partial charge in [0.05, 0.1) is 0 Å². The van der Waals surface area contributed by atoms with E-state index in [0.717, 1.165) is 28.8 Å². The number of H-pyrrole nitrogens is 1. The molecule has 0 atom stereocenters. The summed E-state index contributed by atoms with van der Waals surface area (Å²) in [5.41, 5.74) is 2.86. The number of aromatic nitrogens is 4. The molecule has 0 aliphatic carbocycles. The first-order valence-electron chi connectivity index (χ1n) is 9.72. The number of amides is 1. The molecule has 0 fully saturated rings. The predicted molar refractivity (Wildman–Crippen MR) is 117 cm³/mol. The van der Waals surface area contributed by atoms with Gasteiger partial charge in [-0.15, -0.1) is 0 Å². The molecule has 0 bridgehead atoms. The SMILES string of the molecule is CCn1c(CCNC(=O)c2cc3ccccc3n2Cc2ccccc2)n[nH]c1=S. The average Bonchev–Trinajstić information content (AvgIpc) is 3.29. The molecule has 2 aromatic heterocycles. The zero-order chi connectivity index (χ0) is 20.2. The Morgan fingerprint density at radius 3 is 2.66 bits per heavy atom. The molecule has 0 spiro atoms. The molecule has 4 aromatic rings. The first-order valence-corrected chi connectivity index (χ1v) is 10.1. The van der Waals surface area contributed by atoms with Crippen molar-refractivity contribution >= 4 is 29.0 Å². The lowest BCUT2D eigenvalue weighted by Crippen LogP contribution is -2.28. The largest absolute Gasteiger partial charge is 0.350 e. The van der Waals surface area contributed by atoms with Crippen LogP contribution in [0.5, 0.6) is 0 Å². The van der Waals surface area contributed by atoms with Gasteiger partial charge in [-0.3, -0.25) is 9.89 Å². The van der Waals surface area contributed by atoms with Crippen LogP contribution >= 0.6 is 12.2 Å². The molecule has 0 radical (unpaired) electrons. The second kappa shape index (κ2) is 8.45. The van der Waals surface area contributed by atoms with Gasteiger partial charge in [-0.05, 0) is 36.8 Å². The molecule has 2 N–H and O–H groups in total. The van der Waals surface area contributed by atoms with Gasteiger partial charge in [0, 0.05) is 37.0 Å². The van der Waals surface area contributed by atoms with Crippen LogP contribution in [0.4, 0.5) is 0 Å². The number of fused-ring (bicyclic) bond motifs is 1. The van der Waals surface area contributed by atoms with Crippen LogP contribution in [-0.4, -0.2) is 31.8 Å². The quantitative estimate of drug-likeness (QED) is 0.458. The average molecular weight is 406 g/mol. The number of hydrogen-bond donors (Lipinski definition) is 2. The van der Waals surface area contributed by atoms with Crippen LogP contribution in [0.15, 0.2) is 60.7 Å². The van der Waals surface area contributed by atoms with E-state index >= 15 is 0 Å². The Bertz CT molecular complexity index is 1190. The van der Waals surface area contributed by atoms with E-state index in [4.69, 9.17) is 12.2 Å². The Hall–Kier alpha value is -3.19. The molecule has 2 heterocycles. The van der Waals surface area contributed by atoms with Crippen molar-refractivity contribution in [2.45, 2.75) is 26.4 Å². The lowest BCUT2D eigenvalue weighted by molar-refractivity contribution is 0.0945. The highest BCUT2D eigenvalue weighted by atomic mass is 32.1. The molecule has 29 heavy (non-hydrogen) atoms. The maximum Gasteiger partial charge on any atom is 0.267 e. The predicted octanol–water partition coefficient (Wildman–Crippen LogP) is 3.94. The summed E-state index contributed by atoms with van der Waals surface area (Å²) in [6.45, 7) is 3.91. The number of para-hydroxylation sites is 1. The summed E-state index contributed by atoms with van der Waals surface area (Å²) in [7, 11) is 0. The Balaban J connectivity index is 1.55. The molecule has 2 aromatic carbocycles. The van der Waals surface area contributed by atoms with Gasteiger partial charge >= 0.3 is 0 Å². The summed E-state index contributed by atoms with van der Waals surface area (Å²) >= 11 is 5.22. The third kappa shape index (κ3) is 4.00. The van der Waals surface area contributed by atoms with E-state index < -0.39 is 0 Å². The van der Waals surface area contributed by atoms with E-state index in [9.17, 15) is 4.79 Å². The van der Waals surface area contributed by atoms with Crippen LogP contribution in [0.2, 0.25) is 0 Å². The summed E-state index contributed by atoms with van der Waals surface area (Å²) in [5.74, 6) is 0.761. The van der Waals surface area contributed by atoms with Crippen molar-refractivity contribution in [3.63, 3.8) is 0 Å². The number of carbonyl (C=O) groups is 1. The maximum absolute atomic E-state index is 13.0. The first-order chi connectivity index (χ1) is 14.2. The summed E-state index contributed by atoms with van der Waals surface area (Å²) in [5, 5.41) is 11.2. The van der Waals surface area contributed by atoms with Gasteiger partial charge in [0.15, 0.2) is 4.77 Å². The van der Waals surface area contributed by atoms with E-state index in [1.165, 1.54) is 0 Å². The summed E-state index contributed by atoms with van der Waals surface area (Å²) < 4.78 is 4.62. The fraction of sp³-hybridized carbons (Fsp3) is 0.227. The molecule has 0 aliphatic heterocycles. The molecule has 0 unspecified atom stereocenters. The standard InChI is InChI=1S/C22H23N5OS/c1-2-26-20(24-25-22(26)29)12-13-23-21(28)19-14-17-10-6-7-11-18(17)27(19)15-16-8-4-3-5-9-16/h3-11,14H,2,12-13,15H2,1H3,(H,23,28)(H,25,29). The fourth-order valence-electron chi connectivity index (χ4n) is 3.58. The Labute approximate surface area is 174 Å². The van der Waals surface area contributed by atoms with Gasteiger partial charge in [0.2, 0.25) is 0 Å². The van der Waals surface area contributed by atoms with Crippen molar-refractivity contribution in [2.24, 2.45) is 0 Å². The number of nitrogens with one attached hydrogen (secondary N) is 2.